The molecule has 0 aromatic carbocycles. The minimum atomic E-state index is -0.619. The highest BCUT2D eigenvalue weighted by Gasteiger charge is 2.45. The van der Waals surface area contributed by atoms with E-state index in [4.69, 9.17) is 0 Å². The van der Waals surface area contributed by atoms with Crippen molar-refractivity contribution in [3.05, 3.63) is 0 Å². The summed E-state index contributed by atoms with van der Waals surface area (Å²) in [6, 6.07) is 0. The smallest absolute Gasteiger partial charge is 0.324 e. The van der Waals surface area contributed by atoms with Gasteiger partial charge in [0.1, 0.15) is 5.54 Å². The second-order valence-corrected chi connectivity index (χ2v) is 5.20. The van der Waals surface area contributed by atoms with E-state index in [1.165, 1.54) is 25.7 Å². The first kappa shape index (κ1) is 14.5. The van der Waals surface area contributed by atoms with E-state index in [1.807, 2.05) is 6.92 Å². The Bertz CT molecular complexity index is 242. The third-order valence-corrected chi connectivity index (χ3v) is 4.14. The van der Waals surface area contributed by atoms with Crippen molar-refractivity contribution in [1.29, 1.82) is 0 Å². The van der Waals surface area contributed by atoms with Gasteiger partial charge in [0.15, 0.2) is 0 Å². The summed E-state index contributed by atoms with van der Waals surface area (Å²) in [5.74, 6) is -0.619. The van der Waals surface area contributed by atoms with E-state index in [-0.39, 0.29) is 0 Å². The first-order valence-corrected chi connectivity index (χ1v) is 7.16. The zero-order chi connectivity index (χ0) is 12.7. The fraction of sp³-hybridized carbons (Fsp3) is 0.929. The lowest BCUT2D eigenvalue weighted by Crippen LogP contribution is -2.50. The zero-order valence-corrected chi connectivity index (χ0v) is 11.4. The van der Waals surface area contributed by atoms with Gasteiger partial charge in [-0.05, 0) is 38.8 Å². The number of nitrogens with zero attached hydrogens (tertiary/aromatic N) is 1. The lowest BCUT2D eigenvalue weighted by molar-refractivity contribution is -0.150. The Balaban J connectivity index is 2.38. The fourth-order valence-electron chi connectivity index (χ4n) is 2.96. The summed E-state index contributed by atoms with van der Waals surface area (Å²) >= 11 is 0. The molecule has 1 aliphatic heterocycles. The molecule has 3 nitrogen and oxygen atoms in total. The van der Waals surface area contributed by atoms with Crippen molar-refractivity contribution in [1.82, 2.24) is 4.90 Å². The van der Waals surface area contributed by atoms with Crippen LogP contribution in [0.2, 0.25) is 0 Å². The van der Waals surface area contributed by atoms with Gasteiger partial charge in [0, 0.05) is 0 Å². The maximum atomic E-state index is 11.5. The van der Waals surface area contributed by atoms with Crippen molar-refractivity contribution in [2.75, 3.05) is 13.1 Å². The minimum Gasteiger partial charge on any atom is -0.480 e. The molecule has 1 saturated heterocycles. The van der Waals surface area contributed by atoms with Gasteiger partial charge in [0.05, 0.1) is 0 Å². The summed E-state index contributed by atoms with van der Waals surface area (Å²) in [7, 11) is 0. The van der Waals surface area contributed by atoms with Gasteiger partial charge in [0.25, 0.3) is 0 Å². The number of hydrogen-bond acceptors (Lipinski definition) is 2. The van der Waals surface area contributed by atoms with Crippen LogP contribution in [0.5, 0.6) is 0 Å². The molecule has 0 aromatic rings. The molecule has 1 fully saturated rings. The monoisotopic (exact) mass is 241 g/mol. The summed E-state index contributed by atoms with van der Waals surface area (Å²) < 4.78 is 0. The molecule has 1 unspecified atom stereocenters. The number of carboxylic acids is 1. The molecule has 1 N–H and O–H groups in total. The number of likely N-dealkylation sites (tertiary alicyclic amines) is 1. The molecular formula is C14H27NO2. The Hall–Kier alpha value is -0.570. The highest BCUT2D eigenvalue weighted by Crippen LogP contribution is 2.32. The number of unbranched alkanes of at least 4 members (excludes halogenated alkanes) is 4. The molecule has 1 heterocycles. The first-order chi connectivity index (χ1) is 8.17. The zero-order valence-electron chi connectivity index (χ0n) is 11.4. The van der Waals surface area contributed by atoms with Gasteiger partial charge in [-0.25, -0.2) is 0 Å². The average molecular weight is 241 g/mol. The molecule has 0 aliphatic carbocycles. The summed E-state index contributed by atoms with van der Waals surface area (Å²) in [5, 5.41) is 9.43. The Morgan fingerprint density at radius 1 is 1.24 bits per heavy atom. The molecule has 0 spiro atoms. The predicted octanol–water partition coefficient (Wildman–Crippen LogP) is 3.29. The average Bonchev–Trinajstić information content (AvgIpc) is 2.73. The third-order valence-electron chi connectivity index (χ3n) is 4.14. The van der Waals surface area contributed by atoms with Crippen molar-refractivity contribution in [3.63, 3.8) is 0 Å². The molecule has 1 rings (SSSR count). The van der Waals surface area contributed by atoms with Crippen LogP contribution in [0.15, 0.2) is 0 Å². The van der Waals surface area contributed by atoms with Crippen LogP contribution in [-0.2, 0) is 4.79 Å². The number of aliphatic carboxylic acids is 1. The topological polar surface area (TPSA) is 40.5 Å². The predicted molar refractivity (Wildman–Crippen MR) is 70.2 cm³/mol. The number of carboxylic acid groups (broad SMARTS) is 1. The van der Waals surface area contributed by atoms with Crippen LogP contribution in [-0.4, -0.2) is 34.6 Å². The van der Waals surface area contributed by atoms with Crippen LogP contribution >= 0.6 is 0 Å². The van der Waals surface area contributed by atoms with E-state index in [1.54, 1.807) is 0 Å². The maximum absolute atomic E-state index is 11.5. The normalized spacial score (nSPS) is 25.3. The Morgan fingerprint density at radius 2 is 1.94 bits per heavy atom. The van der Waals surface area contributed by atoms with Crippen LogP contribution in [0.4, 0.5) is 0 Å². The van der Waals surface area contributed by atoms with Crippen LogP contribution in [0.3, 0.4) is 0 Å². The first-order valence-electron chi connectivity index (χ1n) is 7.16. The van der Waals surface area contributed by atoms with E-state index in [0.29, 0.717) is 0 Å². The van der Waals surface area contributed by atoms with Crippen molar-refractivity contribution >= 4 is 5.97 Å². The summed E-state index contributed by atoms with van der Waals surface area (Å²) in [4.78, 5) is 13.7. The van der Waals surface area contributed by atoms with Gasteiger partial charge < -0.3 is 5.11 Å². The molecule has 17 heavy (non-hydrogen) atoms. The van der Waals surface area contributed by atoms with Gasteiger partial charge in [-0.2, -0.15) is 0 Å². The molecule has 0 bridgehead atoms. The summed E-state index contributed by atoms with van der Waals surface area (Å²) in [5.41, 5.74) is -0.551. The van der Waals surface area contributed by atoms with Gasteiger partial charge in [-0.1, -0.05) is 39.5 Å². The molecule has 0 aromatic heterocycles. The quantitative estimate of drug-likeness (QED) is 0.663. The molecule has 0 amide bonds. The van der Waals surface area contributed by atoms with Crippen molar-refractivity contribution < 1.29 is 9.90 Å². The van der Waals surface area contributed by atoms with Gasteiger partial charge in [-0.3, -0.25) is 9.69 Å². The second kappa shape index (κ2) is 7.00. The molecule has 1 atom stereocenters. The van der Waals surface area contributed by atoms with Crippen molar-refractivity contribution in [2.24, 2.45) is 0 Å². The maximum Gasteiger partial charge on any atom is 0.324 e. The van der Waals surface area contributed by atoms with E-state index in [0.717, 1.165) is 38.8 Å². The number of carbonyl (C=O) groups is 1. The summed E-state index contributed by atoms with van der Waals surface area (Å²) in [6.45, 7) is 6.15. The van der Waals surface area contributed by atoms with Crippen molar-refractivity contribution in [2.45, 2.75) is 70.8 Å². The molecular weight excluding hydrogens is 214 g/mol. The van der Waals surface area contributed by atoms with Crippen LogP contribution in [0.25, 0.3) is 0 Å². The van der Waals surface area contributed by atoms with Crippen LogP contribution < -0.4 is 0 Å². The van der Waals surface area contributed by atoms with Crippen LogP contribution in [0.1, 0.15) is 65.2 Å². The molecule has 100 valence electrons. The Kier molecular flexibility index (Phi) is 5.96. The van der Waals surface area contributed by atoms with Gasteiger partial charge in [0.2, 0.25) is 0 Å². The number of hydrogen-bond donors (Lipinski definition) is 1. The second-order valence-electron chi connectivity index (χ2n) is 5.20. The van der Waals surface area contributed by atoms with E-state index in [2.05, 4.69) is 11.8 Å². The third kappa shape index (κ3) is 3.44. The fourth-order valence-corrected chi connectivity index (χ4v) is 2.96. The summed E-state index contributed by atoms with van der Waals surface area (Å²) in [6.07, 6.45) is 8.84. The van der Waals surface area contributed by atoms with E-state index >= 15 is 0 Å². The SMILES string of the molecule is CCCCCCCN1CCCC1(CC)C(=O)O. The standard InChI is InChI=1S/C14H27NO2/c1-3-5-6-7-8-11-15-12-9-10-14(15,4-2)13(16)17/h3-12H2,1-2H3,(H,16,17). The minimum absolute atomic E-state index is 0.551. The Labute approximate surface area is 105 Å². The molecule has 0 saturated carbocycles. The highest BCUT2D eigenvalue weighted by atomic mass is 16.4. The largest absolute Gasteiger partial charge is 0.480 e. The lowest BCUT2D eigenvalue weighted by Gasteiger charge is -2.33. The molecule has 3 heteroatoms. The van der Waals surface area contributed by atoms with Crippen molar-refractivity contribution in [3.8, 4) is 0 Å². The van der Waals surface area contributed by atoms with E-state index < -0.39 is 11.5 Å². The lowest BCUT2D eigenvalue weighted by atomic mass is 9.93. The Morgan fingerprint density at radius 3 is 2.53 bits per heavy atom. The van der Waals surface area contributed by atoms with Gasteiger partial charge in [-0.15, -0.1) is 0 Å². The number of rotatable bonds is 8. The van der Waals surface area contributed by atoms with Gasteiger partial charge >= 0.3 is 5.97 Å². The highest BCUT2D eigenvalue weighted by molar-refractivity contribution is 5.79. The molecule has 0 radical (unpaired) electrons. The molecule has 1 aliphatic rings. The van der Waals surface area contributed by atoms with E-state index in [9.17, 15) is 9.90 Å². The van der Waals surface area contributed by atoms with Crippen LogP contribution in [0, 0.1) is 0 Å².